The van der Waals surface area contributed by atoms with E-state index < -0.39 is 15.8 Å². The van der Waals surface area contributed by atoms with Gasteiger partial charge in [0.05, 0.1) is 11.5 Å². The molecular weight excluding hydrogens is 292 g/mol. The van der Waals surface area contributed by atoms with Crippen molar-refractivity contribution in [3.8, 4) is 0 Å². The lowest BCUT2D eigenvalue weighted by Crippen LogP contribution is -2.41. The summed E-state index contributed by atoms with van der Waals surface area (Å²) in [7, 11) is -2.99. The maximum atomic E-state index is 11.5. The number of hydrogen-bond acceptors (Lipinski definition) is 5. The number of carbonyl (C=O) groups is 1. The molecule has 1 aromatic heterocycles. The molecule has 1 aromatic rings. The lowest BCUT2D eigenvalue weighted by atomic mass is 9.94. The second-order valence-corrected chi connectivity index (χ2v) is 7.92. The van der Waals surface area contributed by atoms with Crippen LogP contribution in [0.5, 0.6) is 0 Å². The Kier molecular flexibility index (Phi) is 3.61. The molecular formula is C14H18N2O4S. The molecule has 0 atom stereocenters. The van der Waals surface area contributed by atoms with Gasteiger partial charge in [0.1, 0.15) is 11.4 Å². The first-order chi connectivity index (χ1) is 9.96. The zero-order chi connectivity index (χ0) is 15.0. The molecule has 1 aliphatic carbocycles. The number of carboxylic acids is 1. The van der Waals surface area contributed by atoms with Crippen molar-refractivity contribution in [2.24, 2.45) is 0 Å². The van der Waals surface area contributed by atoms with E-state index in [2.05, 4.69) is 4.98 Å². The van der Waals surface area contributed by atoms with Crippen LogP contribution in [-0.4, -0.2) is 49.1 Å². The predicted octanol–water partition coefficient (Wildman–Crippen LogP) is 0.893. The maximum absolute atomic E-state index is 11.5. The van der Waals surface area contributed by atoms with Crippen molar-refractivity contribution >= 4 is 21.6 Å². The Balaban J connectivity index is 1.98. The van der Waals surface area contributed by atoms with Crippen molar-refractivity contribution < 1.29 is 18.3 Å². The Bertz CT molecular complexity index is 670. The summed E-state index contributed by atoms with van der Waals surface area (Å²) >= 11 is 0. The van der Waals surface area contributed by atoms with Crippen LogP contribution >= 0.6 is 0 Å². The monoisotopic (exact) mass is 310 g/mol. The molecule has 1 aliphatic heterocycles. The first kappa shape index (κ1) is 14.3. The topological polar surface area (TPSA) is 87.6 Å². The number of pyridine rings is 1. The Morgan fingerprint density at radius 2 is 1.86 bits per heavy atom. The van der Waals surface area contributed by atoms with Crippen molar-refractivity contribution in [1.29, 1.82) is 0 Å². The number of aromatic carboxylic acids is 1. The summed E-state index contributed by atoms with van der Waals surface area (Å²) in [6, 6.07) is 1.72. The van der Waals surface area contributed by atoms with Gasteiger partial charge in [-0.05, 0) is 37.3 Å². The van der Waals surface area contributed by atoms with Crippen molar-refractivity contribution in [1.82, 2.24) is 4.98 Å². The zero-order valence-electron chi connectivity index (χ0n) is 11.7. The third-order valence-electron chi connectivity index (χ3n) is 4.16. The molecule has 0 radical (unpaired) electrons. The lowest BCUT2D eigenvalue weighted by Gasteiger charge is -2.30. The van der Waals surface area contributed by atoms with Gasteiger partial charge < -0.3 is 10.0 Å². The highest BCUT2D eigenvalue weighted by molar-refractivity contribution is 7.91. The van der Waals surface area contributed by atoms with Gasteiger partial charge in [-0.15, -0.1) is 0 Å². The third-order valence-corrected chi connectivity index (χ3v) is 5.76. The van der Waals surface area contributed by atoms with E-state index in [0.717, 1.165) is 36.9 Å². The summed E-state index contributed by atoms with van der Waals surface area (Å²) in [5, 5.41) is 9.42. The number of fused-ring (bicyclic) bond motifs is 1. The van der Waals surface area contributed by atoms with Crippen LogP contribution in [0.4, 0.5) is 5.82 Å². The SMILES string of the molecule is O=C(O)c1cc2c(nc1N1CCS(=O)(=O)CC1)CCCC2. The van der Waals surface area contributed by atoms with Crippen LogP contribution in [0, 0.1) is 0 Å². The fraction of sp³-hybridized carbons (Fsp3) is 0.571. The largest absolute Gasteiger partial charge is 0.478 e. The molecule has 2 aliphatic rings. The molecule has 0 unspecified atom stereocenters. The standard InChI is InChI=1S/C14H18N2O4S/c17-14(18)11-9-10-3-1-2-4-12(10)15-13(11)16-5-7-21(19,20)8-6-16/h9H,1-8H2,(H,17,18). The van der Waals surface area contributed by atoms with Gasteiger partial charge in [-0.2, -0.15) is 0 Å². The third kappa shape index (κ3) is 2.88. The highest BCUT2D eigenvalue weighted by atomic mass is 32.2. The molecule has 6 nitrogen and oxygen atoms in total. The summed E-state index contributed by atoms with van der Waals surface area (Å²) in [6.07, 6.45) is 3.88. The van der Waals surface area contributed by atoms with E-state index in [1.54, 1.807) is 11.0 Å². The number of hydrogen-bond donors (Lipinski definition) is 1. The summed E-state index contributed by atoms with van der Waals surface area (Å²) in [5.41, 5.74) is 2.18. The molecule has 7 heteroatoms. The van der Waals surface area contributed by atoms with E-state index in [-0.39, 0.29) is 17.1 Å². The van der Waals surface area contributed by atoms with Crippen molar-refractivity contribution in [3.63, 3.8) is 0 Å². The van der Waals surface area contributed by atoms with Gasteiger partial charge in [0.25, 0.3) is 0 Å². The molecule has 0 bridgehead atoms. The first-order valence-electron chi connectivity index (χ1n) is 7.18. The van der Waals surface area contributed by atoms with Gasteiger partial charge in [0, 0.05) is 18.8 Å². The second-order valence-electron chi connectivity index (χ2n) is 5.62. The van der Waals surface area contributed by atoms with Gasteiger partial charge in [0.15, 0.2) is 9.84 Å². The molecule has 21 heavy (non-hydrogen) atoms. The van der Waals surface area contributed by atoms with Crippen LogP contribution in [0.25, 0.3) is 0 Å². The Morgan fingerprint density at radius 1 is 1.19 bits per heavy atom. The van der Waals surface area contributed by atoms with Gasteiger partial charge in [-0.1, -0.05) is 0 Å². The number of carboxylic acid groups (broad SMARTS) is 1. The molecule has 3 rings (SSSR count). The van der Waals surface area contributed by atoms with Gasteiger partial charge in [-0.25, -0.2) is 18.2 Å². The molecule has 2 heterocycles. The van der Waals surface area contributed by atoms with Crippen LogP contribution in [0.3, 0.4) is 0 Å². The normalized spacial score (nSPS) is 20.9. The van der Waals surface area contributed by atoms with Gasteiger partial charge >= 0.3 is 5.97 Å². The average Bonchev–Trinajstić information content (AvgIpc) is 2.46. The van der Waals surface area contributed by atoms with E-state index in [4.69, 9.17) is 0 Å². The minimum atomic E-state index is -2.99. The van der Waals surface area contributed by atoms with E-state index in [1.165, 1.54) is 0 Å². The quantitative estimate of drug-likeness (QED) is 0.873. The van der Waals surface area contributed by atoms with E-state index in [1.807, 2.05) is 0 Å². The molecule has 1 saturated heterocycles. The van der Waals surface area contributed by atoms with E-state index in [0.29, 0.717) is 18.9 Å². The van der Waals surface area contributed by atoms with Crippen LogP contribution in [-0.2, 0) is 22.7 Å². The number of rotatable bonds is 2. The van der Waals surface area contributed by atoms with E-state index >= 15 is 0 Å². The molecule has 0 spiro atoms. The Labute approximate surface area is 123 Å². The van der Waals surface area contributed by atoms with Crippen molar-refractivity contribution in [2.75, 3.05) is 29.5 Å². The highest BCUT2D eigenvalue weighted by Gasteiger charge is 2.27. The predicted molar refractivity (Wildman–Crippen MR) is 78.7 cm³/mol. The van der Waals surface area contributed by atoms with Gasteiger partial charge in [0.2, 0.25) is 0 Å². The highest BCUT2D eigenvalue weighted by Crippen LogP contribution is 2.27. The number of sulfone groups is 1. The minimum absolute atomic E-state index is 0.0603. The number of anilines is 1. The molecule has 0 saturated carbocycles. The van der Waals surface area contributed by atoms with Crippen LogP contribution in [0.2, 0.25) is 0 Å². The average molecular weight is 310 g/mol. The molecule has 0 amide bonds. The summed E-state index contributed by atoms with van der Waals surface area (Å²) < 4.78 is 23.0. The number of nitrogens with zero attached hydrogens (tertiary/aromatic N) is 2. The second kappa shape index (κ2) is 5.29. The number of aromatic nitrogens is 1. The fourth-order valence-electron chi connectivity index (χ4n) is 2.95. The first-order valence-corrected chi connectivity index (χ1v) is 9.00. The minimum Gasteiger partial charge on any atom is -0.478 e. The van der Waals surface area contributed by atoms with Crippen LogP contribution < -0.4 is 4.90 Å². The maximum Gasteiger partial charge on any atom is 0.339 e. The zero-order valence-corrected chi connectivity index (χ0v) is 12.5. The summed E-state index contributed by atoms with van der Waals surface area (Å²) in [6.45, 7) is 0.628. The van der Waals surface area contributed by atoms with E-state index in [9.17, 15) is 18.3 Å². The lowest BCUT2D eigenvalue weighted by molar-refractivity contribution is 0.0697. The van der Waals surface area contributed by atoms with Gasteiger partial charge in [-0.3, -0.25) is 0 Å². The summed E-state index contributed by atoms with van der Waals surface area (Å²) in [5.74, 6) is -0.451. The van der Waals surface area contributed by atoms with Crippen molar-refractivity contribution in [2.45, 2.75) is 25.7 Å². The number of aryl methyl sites for hydroxylation is 2. The Hall–Kier alpha value is -1.63. The molecule has 0 aromatic carbocycles. The fourth-order valence-corrected chi connectivity index (χ4v) is 4.15. The Morgan fingerprint density at radius 3 is 2.52 bits per heavy atom. The molecule has 1 N–H and O–H groups in total. The summed E-state index contributed by atoms with van der Waals surface area (Å²) in [4.78, 5) is 17.8. The molecule has 1 fully saturated rings. The van der Waals surface area contributed by atoms with Crippen LogP contribution in [0.15, 0.2) is 6.07 Å². The molecule has 114 valence electrons. The smallest absolute Gasteiger partial charge is 0.339 e. The van der Waals surface area contributed by atoms with Crippen molar-refractivity contribution in [3.05, 3.63) is 22.9 Å². The van der Waals surface area contributed by atoms with Crippen LogP contribution in [0.1, 0.15) is 34.5 Å².